The topological polar surface area (TPSA) is 131 Å². The van der Waals surface area contributed by atoms with Crippen molar-refractivity contribution in [1.82, 2.24) is 19.9 Å². The lowest BCUT2D eigenvalue weighted by atomic mass is 10.1. The minimum Gasteiger partial charge on any atom is -0.487 e. The number of carboxylic acids is 1. The number of aryl methyl sites for hydroxylation is 1. The summed E-state index contributed by atoms with van der Waals surface area (Å²) in [4.78, 5) is 27.7. The Balaban J connectivity index is 1.32. The number of aliphatic carboxylic acids is 1. The molecule has 4 rings (SSSR count). The first-order valence-electron chi connectivity index (χ1n) is 13.9. The molecule has 11 heteroatoms. The van der Waals surface area contributed by atoms with Gasteiger partial charge in [-0.25, -0.2) is 19.7 Å². The van der Waals surface area contributed by atoms with E-state index in [-0.39, 0.29) is 6.10 Å². The molecule has 0 saturated carbocycles. The number of fused-ring (bicyclic) bond motifs is 2. The number of methoxy groups -OCH3 is 1. The number of anilines is 2. The number of ether oxygens (including phenoxy) is 3. The summed E-state index contributed by atoms with van der Waals surface area (Å²) < 4.78 is 17.1. The first-order valence-corrected chi connectivity index (χ1v) is 13.9. The number of carbonyl (C=O) groups is 1. The average molecular weight is 553 g/mol. The molecule has 0 aliphatic carbocycles. The van der Waals surface area contributed by atoms with E-state index in [1.807, 2.05) is 44.2 Å². The van der Waals surface area contributed by atoms with Gasteiger partial charge in [0.2, 0.25) is 5.75 Å². The maximum Gasteiger partial charge on any atom is 0.326 e. The highest BCUT2D eigenvalue weighted by molar-refractivity contribution is 5.90. The summed E-state index contributed by atoms with van der Waals surface area (Å²) in [6.45, 7) is 8.05. The molecule has 0 amide bonds. The van der Waals surface area contributed by atoms with Crippen molar-refractivity contribution >= 4 is 28.5 Å². The summed E-state index contributed by atoms with van der Waals surface area (Å²) in [6, 6.07) is 8.76. The number of nitrogens with zero attached hydrogens (tertiary/aromatic N) is 4. The summed E-state index contributed by atoms with van der Waals surface area (Å²) in [5, 5.41) is 17.1. The second-order valence-corrected chi connectivity index (χ2v) is 10.1. The van der Waals surface area contributed by atoms with Gasteiger partial charge in [0.25, 0.3) is 0 Å². The van der Waals surface area contributed by atoms with Gasteiger partial charge < -0.3 is 34.9 Å². The second-order valence-electron chi connectivity index (χ2n) is 10.1. The van der Waals surface area contributed by atoms with Crippen molar-refractivity contribution in [2.45, 2.75) is 51.7 Å². The lowest BCUT2D eigenvalue weighted by Gasteiger charge is -2.25. The number of hydrogen-bond donors (Lipinski definition) is 3. The fourth-order valence-electron chi connectivity index (χ4n) is 4.66. The SMILES string of the molecule is COCCN(CCCCc1cc(OC(C)C)c2c(n1)NCCO2)CC[C@H](Nc1ncnc2ccccc12)C(=O)O. The molecule has 0 bridgehead atoms. The van der Waals surface area contributed by atoms with Crippen molar-refractivity contribution in [2.24, 2.45) is 0 Å². The zero-order chi connectivity index (χ0) is 28.3. The predicted octanol–water partition coefficient (Wildman–Crippen LogP) is 3.84. The number of hydrogen-bond acceptors (Lipinski definition) is 10. The van der Waals surface area contributed by atoms with Gasteiger partial charge in [0.05, 0.1) is 24.8 Å². The van der Waals surface area contributed by atoms with Crippen LogP contribution >= 0.6 is 0 Å². The number of carboxylic acid groups (broad SMARTS) is 1. The van der Waals surface area contributed by atoms with Gasteiger partial charge in [-0.2, -0.15) is 0 Å². The van der Waals surface area contributed by atoms with E-state index in [0.717, 1.165) is 67.1 Å². The summed E-state index contributed by atoms with van der Waals surface area (Å²) in [5.41, 5.74) is 1.73. The summed E-state index contributed by atoms with van der Waals surface area (Å²) >= 11 is 0. The van der Waals surface area contributed by atoms with Crippen LogP contribution in [0, 0.1) is 0 Å². The van der Waals surface area contributed by atoms with E-state index in [2.05, 4.69) is 25.5 Å². The Labute approximate surface area is 235 Å². The molecule has 3 N–H and O–H groups in total. The zero-order valence-corrected chi connectivity index (χ0v) is 23.6. The smallest absolute Gasteiger partial charge is 0.326 e. The van der Waals surface area contributed by atoms with Gasteiger partial charge >= 0.3 is 5.97 Å². The van der Waals surface area contributed by atoms with Crippen LogP contribution in [0.4, 0.5) is 11.6 Å². The summed E-state index contributed by atoms with van der Waals surface area (Å²) in [7, 11) is 1.68. The second kappa shape index (κ2) is 14.6. The first kappa shape index (κ1) is 29.3. The number of rotatable bonds is 16. The van der Waals surface area contributed by atoms with E-state index in [1.165, 1.54) is 6.33 Å². The average Bonchev–Trinajstić information content (AvgIpc) is 2.95. The number of para-hydroxylation sites is 1. The lowest BCUT2D eigenvalue weighted by molar-refractivity contribution is -0.138. The maximum atomic E-state index is 12.1. The van der Waals surface area contributed by atoms with Crippen LogP contribution in [0.15, 0.2) is 36.7 Å². The highest BCUT2D eigenvalue weighted by Crippen LogP contribution is 2.37. The van der Waals surface area contributed by atoms with Crippen LogP contribution < -0.4 is 20.1 Å². The fourth-order valence-corrected chi connectivity index (χ4v) is 4.66. The molecule has 11 nitrogen and oxygen atoms in total. The van der Waals surface area contributed by atoms with Crippen LogP contribution in [-0.4, -0.2) is 89.6 Å². The van der Waals surface area contributed by atoms with E-state index in [0.29, 0.717) is 37.7 Å². The number of unbranched alkanes of at least 4 members (excludes halogenated alkanes) is 1. The van der Waals surface area contributed by atoms with Gasteiger partial charge in [0, 0.05) is 37.3 Å². The Morgan fingerprint density at radius 3 is 2.85 bits per heavy atom. The third-order valence-corrected chi connectivity index (χ3v) is 6.65. The Morgan fingerprint density at radius 1 is 1.20 bits per heavy atom. The van der Waals surface area contributed by atoms with Crippen LogP contribution in [-0.2, 0) is 16.0 Å². The molecule has 1 aromatic carbocycles. The van der Waals surface area contributed by atoms with Crippen molar-refractivity contribution in [3.63, 3.8) is 0 Å². The number of pyridine rings is 1. The third kappa shape index (κ3) is 8.15. The molecule has 3 aromatic rings. The van der Waals surface area contributed by atoms with Crippen molar-refractivity contribution in [3.8, 4) is 11.5 Å². The lowest BCUT2D eigenvalue weighted by Crippen LogP contribution is -2.37. The molecular weight excluding hydrogens is 512 g/mol. The summed E-state index contributed by atoms with van der Waals surface area (Å²) in [6.07, 6.45) is 4.59. The molecule has 216 valence electrons. The molecule has 0 unspecified atom stereocenters. The van der Waals surface area contributed by atoms with E-state index in [4.69, 9.17) is 19.2 Å². The van der Waals surface area contributed by atoms with Gasteiger partial charge in [-0.15, -0.1) is 0 Å². The standard InChI is InChI=1S/C29H40N6O5/c1-20(2)40-25-18-21(33-28-26(25)39-16-12-30-28)8-6-7-13-35(15-17-38-3)14-11-24(29(36)37)34-27-22-9-4-5-10-23(22)31-19-32-27/h4-5,9-10,18-20,24H,6-8,11-17H2,1-3H3,(H,30,33)(H,36,37)(H,31,32,34)/t24-/m0/s1. The van der Waals surface area contributed by atoms with Gasteiger partial charge in [-0.3, -0.25) is 0 Å². The van der Waals surface area contributed by atoms with Gasteiger partial charge in [-0.05, 0) is 58.2 Å². The van der Waals surface area contributed by atoms with E-state index in [1.54, 1.807) is 7.11 Å². The maximum absolute atomic E-state index is 12.1. The molecule has 40 heavy (non-hydrogen) atoms. The molecule has 3 heterocycles. The number of benzene rings is 1. The van der Waals surface area contributed by atoms with Crippen molar-refractivity contribution in [3.05, 3.63) is 42.4 Å². The quantitative estimate of drug-likeness (QED) is 0.224. The molecule has 0 radical (unpaired) electrons. The Morgan fingerprint density at radius 2 is 2.05 bits per heavy atom. The predicted molar refractivity (Wildman–Crippen MR) is 154 cm³/mol. The molecule has 0 fully saturated rings. The monoisotopic (exact) mass is 552 g/mol. The van der Waals surface area contributed by atoms with Crippen LogP contribution in [0.25, 0.3) is 10.9 Å². The van der Waals surface area contributed by atoms with E-state index in [9.17, 15) is 9.90 Å². The molecule has 1 aliphatic rings. The Bertz CT molecular complexity index is 1250. The minimum absolute atomic E-state index is 0.0383. The molecule has 2 aromatic heterocycles. The molecule has 1 aliphatic heterocycles. The van der Waals surface area contributed by atoms with Crippen molar-refractivity contribution in [1.29, 1.82) is 0 Å². The number of aromatic nitrogens is 3. The first-order chi connectivity index (χ1) is 19.4. The van der Waals surface area contributed by atoms with E-state index >= 15 is 0 Å². The summed E-state index contributed by atoms with van der Waals surface area (Å²) in [5.74, 6) is 1.77. The highest BCUT2D eigenvalue weighted by atomic mass is 16.5. The van der Waals surface area contributed by atoms with Crippen LogP contribution in [0.5, 0.6) is 11.5 Å². The molecule has 0 saturated heterocycles. The van der Waals surface area contributed by atoms with Gasteiger partial charge in [-0.1, -0.05) is 12.1 Å². The van der Waals surface area contributed by atoms with Gasteiger partial charge in [0.15, 0.2) is 11.6 Å². The largest absolute Gasteiger partial charge is 0.487 e. The third-order valence-electron chi connectivity index (χ3n) is 6.65. The molecule has 1 atom stereocenters. The molecule has 0 spiro atoms. The van der Waals surface area contributed by atoms with E-state index < -0.39 is 12.0 Å². The van der Waals surface area contributed by atoms with Crippen LogP contribution in [0.1, 0.15) is 38.8 Å². The Hall–Kier alpha value is -3.70. The van der Waals surface area contributed by atoms with Crippen molar-refractivity contribution < 1.29 is 24.1 Å². The molecular formula is C29H40N6O5. The van der Waals surface area contributed by atoms with Crippen molar-refractivity contribution in [2.75, 3.05) is 57.1 Å². The zero-order valence-electron chi connectivity index (χ0n) is 23.6. The fraction of sp³-hybridized carbons (Fsp3) is 0.517. The highest BCUT2D eigenvalue weighted by Gasteiger charge is 2.21. The normalized spacial score (nSPS) is 13.5. The minimum atomic E-state index is -0.912. The van der Waals surface area contributed by atoms with Crippen LogP contribution in [0.2, 0.25) is 0 Å². The Kier molecular flexibility index (Phi) is 10.7. The van der Waals surface area contributed by atoms with Crippen LogP contribution in [0.3, 0.4) is 0 Å². The number of nitrogens with one attached hydrogen (secondary N) is 2. The van der Waals surface area contributed by atoms with Gasteiger partial charge in [0.1, 0.15) is 24.8 Å².